The summed E-state index contributed by atoms with van der Waals surface area (Å²) >= 11 is 0.0636. The van der Waals surface area contributed by atoms with Gasteiger partial charge in [-0.15, -0.1) is 0 Å². The molecule has 0 saturated heterocycles. The molecule has 0 atom stereocenters. The molecule has 2 rings (SSSR count). The van der Waals surface area contributed by atoms with E-state index in [2.05, 4.69) is 70.8 Å². The average molecular weight is 422 g/mol. The Balaban J connectivity index is 0.000000422. The first-order valence-electron chi connectivity index (χ1n) is 6.70. The molecular formula is C16H16BF4I. The fourth-order valence-corrected chi connectivity index (χ4v) is 3.42. The molecule has 0 nitrogen and oxygen atoms in total. The lowest BCUT2D eigenvalue weighted by Crippen LogP contribution is -3.59. The first-order chi connectivity index (χ1) is 10.4. The summed E-state index contributed by atoms with van der Waals surface area (Å²) in [6.07, 6.45) is 4.62. The first kappa shape index (κ1) is 18.7. The van der Waals surface area contributed by atoms with E-state index in [1.54, 1.807) is 0 Å². The summed E-state index contributed by atoms with van der Waals surface area (Å²) in [5.41, 5.74) is 1.43. The first-order valence-corrected chi connectivity index (χ1v) is 9.02. The Labute approximate surface area is 138 Å². The number of hydrogen-bond acceptors (Lipinski definition) is 0. The molecule has 2 aromatic rings. The Morgan fingerprint density at radius 3 is 1.86 bits per heavy atom. The molecular weight excluding hydrogens is 406 g/mol. The second-order valence-corrected chi connectivity index (χ2v) is 6.87. The van der Waals surface area contributed by atoms with Crippen molar-refractivity contribution in [3.63, 3.8) is 0 Å². The summed E-state index contributed by atoms with van der Waals surface area (Å²) in [5, 5.41) is 0. The van der Waals surface area contributed by atoms with Crippen LogP contribution < -0.4 is 21.2 Å². The minimum absolute atomic E-state index is 0.0636. The zero-order valence-electron chi connectivity index (χ0n) is 11.8. The van der Waals surface area contributed by atoms with Gasteiger partial charge in [-0.2, -0.15) is 0 Å². The van der Waals surface area contributed by atoms with Crippen LogP contribution in [-0.4, -0.2) is 7.25 Å². The van der Waals surface area contributed by atoms with Crippen molar-refractivity contribution in [1.29, 1.82) is 0 Å². The molecule has 0 radical (unpaired) electrons. The molecule has 0 bridgehead atoms. The lowest BCUT2D eigenvalue weighted by atomic mass is 10.1. The maximum absolute atomic E-state index is 9.75. The van der Waals surface area contributed by atoms with E-state index in [1.165, 1.54) is 9.13 Å². The van der Waals surface area contributed by atoms with Crippen LogP contribution in [0.1, 0.15) is 12.0 Å². The molecule has 0 amide bonds. The molecule has 22 heavy (non-hydrogen) atoms. The molecule has 0 heterocycles. The topological polar surface area (TPSA) is 0 Å². The zero-order valence-corrected chi connectivity index (χ0v) is 14.0. The van der Waals surface area contributed by atoms with Crippen LogP contribution in [0.5, 0.6) is 0 Å². The molecule has 118 valence electrons. The van der Waals surface area contributed by atoms with Gasteiger partial charge in [0.25, 0.3) is 0 Å². The highest BCUT2D eigenvalue weighted by Gasteiger charge is 2.20. The second-order valence-electron chi connectivity index (χ2n) is 4.29. The molecule has 6 heteroatoms. The van der Waals surface area contributed by atoms with Gasteiger partial charge in [0.1, 0.15) is 0 Å². The third-order valence-corrected chi connectivity index (χ3v) is 4.76. The molecule has 0 aromatic heterocycles. The lowest BCUT2D eigenvalue weighted by Gasteiger charge is -1.94. The predicted octanol–water partition coefficient (Wildman–Crippen LogP) is 2.39. The van der Waals surface area contributed by atoms with Gasteiger partial charge >= 0.3 is 28.5 Å². The van der Waals surface area contributed by atoms with Crippen LogP contribution in [0.2, 0.25) is 0 Å². The monoisotopic (exact) mass is 422 g/mol. The lowest BCUT2D eigenvalue weighted by molar-refractivity contribution is -0.557. The van der Waals surface area contributed by atoms with E-state index in [-0.39, 0.29) is 21.2 Å². The summed E-state index contributed by atoms with van der Waals surface area (Å²) < 4.78 is 42.9. The summed E-state index contributed by atoms with van der Waals surface area (Å²) in [5.74, 6) is 0. The summed E-state index contributed by atoms with van der Waals surface area (Å²) in [6, 6.07) is 21.4. The number of rotatable bonds is 5. The molecule has 0 N–H and O–H groups in total. The van der Waals surface area contributed by atoms with Gasteiger partial charge in [0.15, 0.2) is 7.65 Å². The SMILES string of the molecule is C(=C\[I+]c1ccccc1)/CCc1ccccc1.F[B-](F)(F)F. The van der Waals surface area contributed by atoms with E-state index >= 15 is 0 Å². The van der Waals surface area contributed by atoms with Crippen molar-refractivity contribution >= 4 is 7.25 Å². The van der Waals surface area contributed by atoms with Gasteiger partial charge in [-0.3, -0.25) is 0 Å². The molecule has 0 fully saturated rings. The van der Waals surface area contributed by atoms with Crippen LogP contribution in [0, 0.1) is 3.57 Å². The maximum atomic E-state index is 9.75. The van der Waals surface area contributed by atoms with Crippen LogP contribution in [0.25, 0.3) is 0 Å². The van der Waals surface area contributed by atoms with Gasteiger partial charge in [0.05, 0.1) is 0 Å². The Morgan fingerprint density at radius 2 is 1.32 bits per heavy atom. The number of hydrogen-bond donors (Lipinski definition) is 0. The van der Waals surface area contributed by atoms with E-state index in [4.69, 9.17) is 0 Å². The van der Waals surface area contributed by atoms with Crippen molar-refractivity contribution < 1.29 is 38.5 Å². The fourth-order valence-electron chi connectivity index (χ4n) is 1.56. The molecule has 0 aliphatic heterocycles. The van der Waals surface area contributed by atoms with Crippen molar-refractivity contribution in [1.82, 2.24) is 0 Å². The zero-order chi connectivity index (χ0) is 16.3. The van der Waals surface area contributed by atoms with Crippen molar-refractivity contribution in [2.75, 3.05) is 0 Å². The largest absolute Gasteiger partial charge is 0.673 e. The third-order valence-electron chi connectivity index (χ3n) is 2.45. The highest BCUT2D eigenvalue weighted by molar-refractivity contribution is 6.50. The minimum Gasteiger partial charge on any atom is -0.418 e. The molecule has 2 aromatic carbocycles. The third kappa shape index (κ3) is 11.4. The summed E-state index contributed by atoms with van der Waals surface area (Å²) in [6.45, 7) is 0. The second kappa shape index (κ2) is 10.4. The van der Waals surface area contributed by atoms with E-state index in [0.29, 0.717) is 0 Å². The maximum Gasteiger partial charge on any atom is 0.673 e. The Kier molecular flexibility index (Phi) is 8.88. The van der Waals surface area contributed by atoms with Gasteiger partial charge in [-0.25, -0.2) is 0 Å². The highest BCUT2D eigenvalue weighted by Crippen LogP contribution is 2.06. The van der Waals surface area contributed by atoms with Gasteiger partial charge in [-0.1, -0.05) is 48.5 Å². The molecule has 0 aliphatic carbocycles. The Bertz CT molecular complexity index is 535. The van der Waals surface area contributed by atoms with Gasteiger partial charge in [0.2, 0.25) is 0 Å². The van der Waals surface area contributed by atoms with Crippen LogP contribution >= 0.6 is 0 Å². The van der Waals surface area contributed by atoms with Crippen LogP contribution in [0.15, 0.2) is 70.8 Å². The van der Waals surface area contributed by atoms with Crippen molar-refractivity contribution in [2.45, 2.75) is 12.8 Å². The molecule has 0 spiro atoms. The van der Waals surface area contributed by atoms with Gasteiger partial charge in [0, 0.05) is 0 Å². The fraction of sp³-hybridized carbons (Fsp3) is 0.125. The van der Waals surface area contributed by atoms with Gasteiger partial charge < -0.3 is 17.3 Å². The molecule has 0 saturated carbocycles. The number of allylic oxidation sites excluding steroid dienone is 1. The smallest absolute Gasteiger partial charge is 0.418 e. The normalized spacial score (nSPS) is 11.1. The van der Waals surface area contributed by atoms with Crippen LogP contribution in [-0.2, 0) is 6.42 Å². The number of aryl methyl sites for hydroxylation is 1. The number of benzene rings is 2. The van der Waals surface area contributed by atoms with E-state index in [9.17, 15) is 17.3 Å². The standard InChI is InChI=1S/C16H16I.BF4/c1-3-9-15(10-4-1)11-7-8-14-17-16-12-5-2-6-13-16;2-1(3,4)5/h1-6,8-10,12-14H,7,11H2;/q+1;-1/b14-8+;. The quantitative estimate of drug-likeness (QED) is 0.395. The van der Waals surface area contributed by atoms with Crippen molar-refractivity contribution in [3.05, 3.63) is 80.0 Å². The van der Waals surface area contributed by atoms with E-state index in [0.717, 1.165) is 12.8 Å². The summed E-state index contributed by atoms with van der Waals surface area (Å²) in [4.78, 5) is 0. The van der Waals surface area contributed by atoms with E-state index < -0.39 is 7.25 Å². The predicted molar refractivity (Wildman–Crippen MR) is 79.2 cm³/mol. The molecule has 0 unspecified atom stereocenters. The number of halogens is 5. The van der Waals surface area contributed by atoms with Crippen LogP contribution in [0.4, 0.5) is 17.3 Å². The Morgan fingerprint density at radius 1 is 0.818 bits per heavy atom. The average Bonchev–Trinajstić information content (AvgIpc) is 2.47. The highest BCUT2D eigenvalue weighted by atomic mass is 127. The van der Waals surface area contributed by atoms with Gasteiger partial charge in [-0.05, 0) is 36.6 Å². The summed E-state index contributed by atoms with van der Waals surface area (Å²) in [7, 11) is -6.00. The van der Waals surface area contributed by atoms with Crippen molar-refractivity contribution in [2.24, 2.45) is 0 Å². The van der Waals surface area contributed by atoms with Crippen LogP contribution in [0.3, 0.4) is 0 Å². The van der Waals surface area contributed by atoms with Crippen molar-refractivity contribution in [3.8, 4) is 0 Å². The van der Waals surface area contributed by atoms with E-state index in [1.807, 2.05) is 0 Å². The Hall–Kier alpha value is -1.31. The minimum atomic E-state index is -6.00. The molecule has 0 aliphatic rings.